The summed E-state index contributed by atoms with van der Waals surface area (Å²) < 4.78 is 34.6. The summed E-state index contributed by atoms with van der Waals surface area (Å²) in [5.74, 6) is 0. The van der Waals surface area contributed by atoms with Gasteiger partial charge >= 0.3 is 10.4 Å². The van der Waals surface area contributed by atoms with Crippen LogP contribution >= 0.6 is 0 Å². The van der Waals surface area contributed by atoms with Crippen molar-refractivity contribution in [2.24, 2.45) is 0 Å². The van der Waals surface area contributed by atoms with E-state index in [1.165, 1.54) is 12.3 Å². The average Bonchev–Trinajstić information content (AvgIpc) is 2.06. The number of allylic oxidation sites excluding steroid dienone is 2. The SMILES string of the molecule is COS(=O)(=O)OC1C=CC=CO1. The van der Waals surface area contributed by atoms with Crippen LogP contribution in [0.1, 0.15) is 0 Å². The first-order chi connectivity index (χ1) is 5.64. The predicted molar refractivity (Wildman–Crippen MR) is 40.2 cm³/mol. The second-order valence-corrected chi connectivity index (χ2v) is 3.23. The smallest absolute Gasteiger partial charge is 0.403 e. The van der Waals surface area contributed by atoms with Gasteiger partial charge in [-0.2, -0.15) is 8.42 Å². The molecule has 1 rings (SSSR count). The van der Waals surface area contributed by atoms with Crippen molar-refractivity contribution >= 4 is 10.4 Å². The number of hydrogen-bond donors (Lipinski definition) is 0. The van der Waals surface area contributed by atoms with Crippen LogP contribution in [-0.2, 0) is 23.5 Å². The molecule has 0 radical (unpaired) electrons. The van der Waals surface area contributed by atoms with Gasteiger partial charge in [0.05, 0.1) is 13.4 Å². The topological polar surface area (TPSA) is 61.8 Å². The first-order valence-electron chi connectivity index (χ1n) is 3.12. The molecule has 0 aromatic carbocycles. The maximum atomic E-state index is 10.7. The van der Waals surface area contributed by atoms with Gasteiger partial charge in [-0.15, -0.1) is 0 Å². The molecule has 0 spiro atoms. The van der Waals surface area contributed by atoms with Crippen LogP contribution in [0.4, 0.5) is 0 Å². The van der Waals surface area contributed by atoms with Crippen LogP contribution in [0.2, 0.25) is 0 Å². The summed E-state index contributed by atoms with van der Waals surface area (Å²) in [5, 5.41) is 0. The molecule has 0 bridgehead atoms. The van der Waals surface area contributed by atoms with E-state index in [-0.39, 0.29) is 0 Å². The molecule has 5 nitrogen and oxygen atoms in total. The summed E-state index contributed by atoms with van der Waals surface area (Å²) in [6.45, 7) is 0. The van der Waals surface area contributed by atoms with Crippen LogP contribution in [0.3, 0.4) is 0 Å². The Kier molecular flexibility index (Phi) is 2.85. The Morgan fingerprint density at radius 1 is 1.42 bits per heavy atom. The van der Waals surface area contributed by atoms with Crippen molar-refractivity contribution in [2.75, 3.05) is 7.11 Å². The summed E-state index contributed by atoms with van der Waals surface area (Å²) in [6, 6.07) is 0. The van der Waals surface area contributed by atoms with E-state index < -0.39 is 16.7 Å². The maximum absolute atomic E-state index is 10.7. The minimum absolute atomic E-state index is 0.931. The van der Waals surface area contributed by atoms with Crippen molar-refractivity contribution in [2.45, 2.75) is 6.29 Å². The minimum Gasteiger partial charge on any atom is -0.468 e. The highest BCUT2D eigenvalue weighted by atomic mass is 32.3. The van der Waals surface area contributed by atoms with Gasteiger partial charge in [0.15, 0.2) is 0 Å². The second kappa shape index (κ2) is 3.70. The van der Waals surface area contributed by atoms with Gasteiger partial charge in [-0.25, -0.2) is 4.18 Å². The van der Waals surface area contributed by atoms with Gasteiger partial charge in [-0.3, -0.25) is 4.18 Å². The van der Waals surface area contributed by atoms with Gasteiger partial charge in [0.1, 0.15) is 0 Å². The summed E-state index contributed by atoms with van der Waals surface area (Å²) in [5.41, 5.74) is 0. The molecule has 1 unspecified atom stereocenters. The molecular formula is C6H8O5S. The van der Waals surface area contributed by atoms with E-state index in [1.807, 2.05) is 0 Å². The Morgan fingerprint density at radius 2 is 2.17 bits per heavy atom. The zero-order chi connectivity index (χ0) is 9.03. The van der Waals surface area contributed by atoms with Crippen LogP contribution in [0.25, 0.3) is 0 Å². The van der Waals surface area contributed by atoms with Gasteiger partial charge < -0.3 is 4.74 Å². The molecule has 0 amide bonds. The van der Waals surface area contributed by atoms with Crippen LogP contribution in [0.5, 0.6) is 0 Å². The van der Waals surface area contributed by atoms with Gasteiger partial charge in [0.2, 0.25) is 6.29 Å². The molecule has 0 N–H and O–H groups in total. The third-order valence-corrected chi connectivity index (χ3v) is 1.92. The zero-order valence-corrected chi connectivity index (χ0v) is 7.15. The molecule has 6 heteroatoms. The van der Waals surface area contributed by atoms with E-state index in [4.69, 9.17) is 4.74 Å². The Balaban J connectivity index is 2.53. The van der Waals surface area contributed by atoms with Crippen LogP contribution < -0.4 is 0 Å². The lowest BCUT2D eigenvalue weighted by Crippen LogP contribution is -2.19. The van der Waals surface area contributed by atoms with Crippen molar-refractivity contribution in [3.63, 3.8) is 0 Å². The minimum atomic E-state index is -3.93. The molecule has 0 aromatic heterocycles. The van der Waals surface area contributed by atoms with Crippen molar-refractivity contribution < 1.29 is 21.5 Å². The first kappa shape index (κ1) is 9.24. The van der Waals surface area contributed by atoms with Crippen molar-refractivity contribution in [3.05, 3.63) is 24.5 Å². The molecule has 68 valence electrons. The normalized spacial score (nSPS) is 22.2. The molecular weight excluding hydrogens is 184 g/mol. The summed E-state index contributed by atoms with van der Waals surface area (Å²) in [4.78, 5) is 0. The monoisotopic (exact) mass is 192 g/mol. The lowest BCUT2D eigenvalue weighted by atomic mass is 10.4. The predicted octanol–water partition coefficient (Wildman–Crippen LogP) is 0.320. The Labute approximate surface area is 70.6 Å². The average molecular weight is 192 g/mol. The van der Waals surface area contributed by atoms with Gasteiger partial charge in [-0.1, -0.05) is 6.08 Å². The molecule has 0 saturated carbocycles. The molecule has 0 aromatic rings. The lowest BCUT2D eigenvalue weighted by Gasteiger charge is -2.13. The highest BCUT2D eigenvalue weighted by Crippen LogP contribution is 2.08. The van der Waals surface area contributed by atoms with Crippen LogP contribution in [0, 0.1) is 0 Å². The Bertz CT molecular complexity index is 289. The van der Waals surface area contributed by atoms with Crippen molar-refractivity contribution in [1.82, 2.24) is 0 Å². The highest BCUT2D eigenvalue weighted by molar-refractivity contribution is 7.81. The number of ether oxygens (including phenoxy) is 1. The van der Waals surface area contributed by atoms with E-state index in [1.54, 1.807) is 12.2 Å². The van der Waals surface area contributed by atoms with E-state index in [9.17, 15) is 8.42 Å². The van der Waals surface area contributed by atoms with Crippen LogP contribution in [0.15, 0.2) is 24.5 Å². The first-order valence-corrected chi connectivity index (χ1v) is 4.45. The molecule has 12 heavy (non-hydrogen) atoms. The van der Waals surface area contributed by atoms with E-state index in [0.29, 0.717) is 0 Å². The van der Waals surface area contributed by atoms with Crippen LogP contribution in [-0.4, -0.2) is 21.8 Å². The van der Waals surface area contributed by atoms with E-state index >= 15 is 0 Å². The fourth-order valence-electron chi connectivity index (χ4n) is 0.579. The standard InChI is InChI=1S/C6H8O5S/c1-9-12(7,8)11-6-4-2-3-5-10-6/h2-6H,1H3. The quantitative estimate of drug-likeness (QED) is 0.644. The number of hydrogen-bond acceptors (Lipinski definition) is 5. The highest BCUT2D eigenvalue weighted by Gasteiger charge is 2.17. The van der Waals surface area contributed by atoms with Gasteiger partial charge in [0.25, 0.3) is 0 Å². The van der Waals surface area contributed by atoms with Gasteiger partial charge in [-0.05, 0) is 12.2 Å². The van der Waals surface area contributed by atoms with Crippen molar-refractivity contribution in [3.8, 4) is 0 Å². The number of rotatable bonds is 3. The van der Waals surface area contributed by atoms with Crippen molar-refractivity contribution in [1.29, 1.82) is 0 Å². The lowest BCUT2D eigenvalue weighted by molar-refractivity contribution is 0.00271. The molecule has 0 saturated heterocycles. The molecule has 1 heterocycles. The second-order valence-electron chi connectivity index (χ2n) is 1.89. The third kappa shape index (κ3) is 2.65. The fourth-order valence-corrected chi connectivity index (χ4v) is 0.999. The molecule has 0 fully saturated rings. The Hall–Kier alpha value is -0.850. The van der Waals surface area contributed by atoms with E-state index in [0.717, 1.165) is 7.11 Å². The maximum Gasteiger partial charge on any atom is 0.403 e. The fraction of sp³-hybridized carbons (Fsp3) is 0.333. The molecule has 1 aliphatic heterocycles. The van der Waals surface area contributed by atoms with E-state index in [2.05, 4.69) is 8.37 Å². The zero-order valence-electron chi connectivity index (χ0n) is 6.34. The molecule has 1 aliphatic rings. The van der Waals surface area contributed by atoms with Gasteiger partial charge in [0, 0.05) is 0 Å². The molecule has 1 atom stereocenters. The molecule has 0 aliphatic carbocycles. The summed E-state index contributed by atoms with van der Waals surface area (Å²) >= 11 is 0. The summed E-state index contributed by atoms with van der Waals surface area (Å²) in [6.07, 6.45) is 5.06. The largest absolute Gasteiger partial charge is 0.468 e. The Morgan fingerprint density at radius 3 is 2.67 bits per heavy atom. The summed E-state index contributed by atoms with van der Waals surface area (Å²) in [7, 11) is -2.92. The third-order valence-electron chi connectivity index (χ3n) is 1.09.